The number of aromatic nitrogens is 2. The van der Waals surface area contributed by atoms with Gasteiger partial charge in [0.2, 0.25) is 0 Å². The van der Waals surface area contributed by atoms with Gasteiger partial charge in [-0.15, -0.1) is 0 Å². The Hall–Kier alpha value is -1.61. The first-order valence-electron chi connectivity index (χ1n) is 5.47. The van der Waals surface area contributed by atoms with Crippen LogP contribution in [0.1, 0.15) is 22.3 Å². The third-order valence-electron chi connectivity index (χ3n) is 2.89. The van der Waals surface area contributed by atoms with Gasteiger partial charge in [0.05, 0.1) is 12.7 Å². The highest BCUT2D eigenvalue weighted by Crippen LogP contribution is 2.14. The minimum atomic E-state index is 0.548. The monoisotopic (exact) mass is 215 g/mol. The average molecular weight is 215 g/mol. The van der Waals surface area contributed by atoms with E-state index < -0.39 is 0 Å². The summed E-state index contributed by atoms with van der Waals surface area (Å²) in [5.41, 5.74) is 10.6. The highest BCUT2D eigenvalue weighted by atomic mass is 15.3. The third-order valence-corrected chi connectivity index (χ3v) is 2.89. The molecule has 3 nitrogen and oxygen atoms in total. The smallest absolute Gasteiger partial charge is 0.0664 e. The van der Waals surface area contributed by atoms with Crippen molar-refractivity contribution in [2.24, 2.45) is 5.73 Å². The minimum absolute atomic E-state index is 0.548. The van der Waals surface area contributed by atoms with Crippen LogP contribution in [0.4, 0.5) is 0 Å². The normalized spacial score (nSPS) is 10.7. The second kappa shape index (κ2) is 4.49. The van der Waals surface area contributed by atoms with Crippen LogP contribution in [0.5, 0.6) is 0 Å². The van der Waals surface area contributed by atoms with E-state index in [0.717, 1.165) is 12.1 Å². The molecule has 0 spiro atoms. The Labute approximate surface area is 95.9 Å². The molecule has 0 fully saturated rings. The lowest BCUT2D eigenvalue weighted by Crippen LogP contribution is -2.04. The summed E-state index contributed by atoms with van der Waals surface area (Å²) in [7, 11) is 0. The largest absolute Gasteiger partial charge is 0.326 e. The summed E-state index contributed by atoms with van der Waals surface area (Å²) in [6.45, 7) is 5.64. The van der Waals surface area contributed by atoms with Crippen molar-refractivity contribution in [2.45, 2.75) is 26.9 Å². The molecule has 2 aromatic rings. The van der Waals surface area contributed by atoms with E-state index in [-0.39, 0.29) is 0 Å². The van der Waals surface area contributed by atoms with Crippen LogP contribution in [0.25, 0.3) is 0 Å². The number of rotatable bonds is 3. The zero-order chi connectivity index (χ0) is 11.5. The van der Waals surface area contributed by atoms with Gasteiger partial charge in [-0.25, -0.2) is 0 Å². The average Bonchev–Trinajstić information content (AvgIpc) is 2.71. The van der Waals surface area contributed by atoms with Gasteiger partial charge in [0.25, 0.3) is 0 Å². The van der Waals surface area contributed by atoms with E-state index in [9.17, 15) is 0 Å². The van der Waals surface area contributed by atoms with Crippen molar-refractivity contribution in [2.75, 3.05) is 0 Å². The summed E-state index contributed by atoms with van der Waals surface area (Å²) < 4.78 is 1.94. The fraction of sp³-hybridized carbons (Fsp3) is 0.308. The van der Waals surface area contributed by atoms with Crippen molar-refractivity contribution in [3.63, 3.8) is 0 Å². The number of nitrogens with zero attached hydrogens (tertiary/aromatic N) is 2. The summed E-state index contributed by atoms with van der Waals surface area (Å²) in [5, 5.41) is 4.30. The van der Waals surface area contributed by atoms with E-state index >= 15 is 0 Å². The fourth-order valence-corrected chi connectivity index (χ4v) is 1.86. The van der Waals surface area contributed by atoms with Crippen molar-refractivity contribution in [3.05, 3.63) is 52.8 Å². The second-order valence-electron chi connectivity index (χ2n) is 4.12. The number of benzene rings is 1. The molecule has 0 unspecified atom stereocenters. The Morgan fingerprint density at radius 3 is 2.50 bits per heavy atom. The minimum Gasteiger partial charge on any atom is -0.326 e. The molecule has 0 amide bonds. The van der Waals surface area contributed by atoms with Gasteiger partial charge >= 0.3 is 0 Å². The lowest BCUT2D eigenvalue weighted by atomic mass is 10.0. The van der Waals surface area contributed by atoms with Gasteiger partial charge in [-0.05, 0) is 30.5 Å². The number of nitrogens with two attached hydrogens (primary N) is 1. The van der Waals surface area contributed by atoms with Gasteiger partial charge in [0.15, 0.2) is 0 Å². The fourth-order valence-electron chi connectivity index (χ4n) is 1.86. The molecule has 1 heterocycles. The van der Waals surface area contributed by atoms with E-state index in [1.54, 1.807) is 0 Å². The molecular formula is C13H17N3. The predicted octanol–water partition coefficient (Wildman–Crippen LogP) is 2.01. The molecule has 0 bridgehead atoms. The number of hydrogen-bond acceptors (Lipinski definition) is 2. The van der Waals surface area contributed by atoms with Crippen LogP contribution in [0.3, 0.4) is 0 Å². The summed E-state index contributed by atoms with van der Waals surface area (Å²) >= 11 is 0. The van der Waals surface area contributed by atoms with Crippen LogP contribution in [-0.2, 0) is 13.1 Å². The van der Waals surface area contributed by atoms with Crippen molar-refractivity contribution in [1.82, 2.24) is 9.78 Å². The zero-order valence-electron chi connectivity index (χ0n) is 9.77. The van der Waals surface area contributed by atoms with Gasteiger partial charge < -0.3 is 5.73 Å². The molecule has 16 heavy (non-hydrogen) atoms. The van der Waals surface area contributed by atoms with Gasteiger partial charge in [-0.1, -0.05) is 18.2 Å². The van der Waals surface area contributed by atoms with E-state index in [2.05, 4.69) is 37.1 Å². The zero-order valence-corrected chi connectivity index (χ0v) is 9.77. The standard InChI is InChI=1S/C13H17N3/c1-10-4-3-5-11(2)13(10)9-16-8-12(6-14)7-15-16/h3-5,7-8H,6,9,14H2,1-2H3. The molecule has 3 heteroatoms. The summed E-state index contributed by atoms with van der Waals surface area (Å²) in [6.07, 6.45) is 3.83. The molecule has 0 saturated heterocycles. The van der Waals surface area contributed by atoms with Crippen LogP contribution in [0.15, 0.2) is 30.6 Å². The van der Waals surface area contributed by atoms with Gasteiger partial charge in [0.1, 0.15) is 0 Å². The maximum absolute atomic E-state index is 5.56. The summed E-state index contributed by atoms with van der Waals surface area (Å²) in [4.78, 5) is 0. The van der Waals surface area contributed by atoms with Crippen LogP contribution >= 0.6 is 0 Å². The Morgan fingerprint density at radius 2 is 1.94 bits per heavy atom. The highest BCUT2D eigenvalue weighted by Gasteiger charge is 2.04. The molecule has 0 aliphatic carbocycles. The van der Waals surface area contributed by atoms with Crippen molar-refractivity contribution < 1.29 is 0 Å². The summed E-state index contributed by atoms with van der Waals surface area (Å²) in [5.74, 6) is 0. The van der Waals surface area contributed by atoms with Crippen LogP contribution < -0.4 is 5.73 Å². The predicted molar refractivity (Wildman–Crippen MR) is 65.1 cm³/mol. The molecule has 2 rings (SSSR count). The molecule has 84 valence electrons. The maximum atomic E-state index is 5.56. The molecule has 0 aliphatic heterocycles. The van der Waals surface area contributed by atoms with Gasteiger partial charge in [-0.2, -0.15) is 5.10 Å². The molecule has 0 aliphatic rings. The topological polar surface area (TPSA) is 43.8 Å². The molecule has 0 atom stereocenters. The van der Waals surface area contributed by atoms with Crippen molar-refractivity contribution in [1.29, 1.82) is 0 Å². The van der Waals surface area contributed by atoms with Crippen molar-refractivity contribution in [3.8, 4) is 0 Å². The van der Waals surface area contributed by atoms with Crippen LogP contribution in [-0.4, -0.2) is 9.78 Å². The maximum Gasteiger partial charge on any atom is 0.0664 e. The van der Waals surface area contributed by atoms with E-state index in [4.69, 9.17) is 5.73 Å². The third kappa shape index (κ3) is 2.14. The first kappa shape index (κ1) is 10.9. The van der Waals surface area contributed by atoms with E-state index in [1.807, 2.05) is 17.1 Å². The molecule has 0 radical (unpaired) electrons. The first-order valence-corrected chi connectivity index (χ1v) is 5.47. The molecule has 1 aromatic heterocycles. The van der Waals surface area contributed by atoms with Crippen molar-refractivity contribution >= 4 is 0 Å². The van der Waals surface area contributed by atoms with E-state index in [0.29, 0.717) is 6.54 Å². The first-order chi connectivity index (χ1) is 7.70. The SMILES string of the molecule is Cc1cccc(C)c1Cn1cc(CN)cn1. The van der Waals surface area contributed by atoms with Crippen LogP contribution in [0.2, 0.25) is 0 Å². The van der Waals surface area contributed by atoms with E-state index in [1.165, 1.54) is 16.7 Å². The Balaban J connectivity index is 2.26. The number of hydrogen-bond donors (Lipinski definition) is 1. The molecule has 2 N–H and O–H groups in total. The van der Waals surface area contributed by atoms with Gasteiger partial charge in [0, 0.05) is 18.3 Å². The Bertz CT molecular complexity index is 465. The molecule has 0 saturated carbocycles. The quantitative estimate of drug-likeness (QED) is 0.851. The second-order valence-corrected chi connectivity index (χ2v) is 4.12. The summed E-state index contributed by atoms with van der Waals surface area (Å²) in [6, 6.07) is 6.36. The molecular weight excluding hydrogens is 198 g/mol. The molecule has 1 aromatic carbocycles. The Kier molecular flexibility index (Phi) is 3.06. The lowest BCUT2D eigenvalue weighted by Gasteiger charge is -2.09. The van der Waals surface area contributed by atoms with Gasteiger partial charge in [-0.3, -0.25) is 4.68 Å². The van der Waals surface area contributed by atoms with Crippen LogP contribution in [0, 0.1) is 13.8 Å². The number of aryl methyl sites for hydroxylation is 2. The lowest BCUT2D eigenvalue weighted by molar-refractivity contribution is 0.680. The Morgan fingerprint density at radius 1 is 1.25 bits per heavy atom. The highest BCUT2D eigenvalue weighted by molar-refractivity contribution is 5.33.